The molecule has 0 aliphatic rings. The number of benzene rings is 9. The summed E-state index contributed by atoms with van der Waals surface area (Å²) in [6.45, 7) is 0. The smallest absolute Gasteiger partial charge is 0.294 e. The molecule has 0 atom stereocenters. The lowest BCUT2D eigenvalue weighted by Gasteiger charge is -2.18. The second-order valence-electron chi connectivity index (χ2n) is 18.7. The van der Waals surface area contributed by atoms with E-state index < -0.39 is 23.5 Å². The Morgan fingerprint density at radius 3 is 0.833 bits per heavy atom. The molecule has 12 rings (SSSR count). The minimum absolute atomic E-state index is 0.0249. The predicted molar refractivity (Wildman–Crippen MR) is 289 cm³/mol. The summed E-state index contributed by atoms with van der Waals surface area (Å²) in [6, 6.07) is 64.4. The van der Waals surface area contributed by atoms with Crippen molar-refractivity contribution >= 4 is 43.6 Å². The Bertz CT molecular complexity index is 4150. The van der Waals surface area contributed by atoms with Crippen LogP contribution in [0, 0.1) is 45.3 Å². The van der Waals surface area contributed by atoms with E-state index in [1.54, 1.807) is 72.8 Å². The van der Waals surface area contributed by atoms with Gasteiger partial charge in [-0.3, -0.25) is 9.13 Å². The molecule has 0 saturated heterocycles. The van der Waals surface area contributed by atoms with Gasteiger partial charge in [0.05, 0.1) is 79.7 Å². The Balaban J connectivity index is 1.23. The molecule has 370 valence electrons. The summed E-state index contributed by atoms with van der Waals surface area (Å²) in [5.41, 5.74) is 6.26. The molecule has 0 saturated carbocycles. The van der Waals surface area contributed by atoms with Crippen molar-refractivity contribution in [2.45, 2.75) is 12.4 Å². The van der Waals surface area contributed by atoms with E-state index in [0.717, 1.165) is 21.5 Å². The average molecular weight is 1030 g/mol. The van der Waals surface area contributed by atoms with Crippen LogP contribution in [-0.4, -0.2) is 14.1 Å². The minimum atomic E-state index is -5.16. The third-order valence-electron chi connectivity index (χ3n) is 14.0. The van der Waals surface area contributed by atoms with E-state index in [9.17, 15) is 47.4 Å². The largest absolute Gasteiger partial charge is 0.416 e. The van der Waals surface area contributed by atoms with Crippen LogP contribution in [0.5, 0.6) is 0 Å². The lowest BCUT2D eigenvalue weighted by molar-refractivity contribution is -0.143. The molecule has 0 unspecified atom stereocenters. The van der Waals surface area contributed by atoms with Crippen molar-refractivity contribution in [3.8, 4) is 91.5 Å². The zero-order valence-corrected chi connectivity index (χ0v) is 40.5. The molecule has 0 aliphatic heterocycles. The van der Waals surface area contributed by atoms with E-state index in [2.05, 4.69) is 24.3 Å². The molecule has 0 fully saturated rings. The van der Waals surface area contributed by atoms with Crippen LogP contribution in [0.3, 0.4) is 0 Å². The van der Waals surface area contributed by atoms with Gasteiger partial charge >= 0.3 is 12.4 Å². The van der Waals surface area contributed by atoms with E-state index in [4.69, 9.17) is 4.98 Å². The quantitative estimate of drug-likeness (QED) is 0.147. The lowest BCUT2D eigenvalue weighted by atomic mass is 9.99. The Hall–Kier alpha value is -10.7. The summed E-state index contributed by atoms with van der Waals surface area (Å²) >= 11 is 0. The SMILES string of the molecule is N#Cc1cccc(-c2ccc3c4ccc(-c5cccc(C#N)c5)cc4n(-c4cc(-c5cc(C(F)(F)F)cc(C(F)(F)F)c5)cc(-n5c6cc(-c7cccc(C#N)c7)ccc6c6ccc(-c7cccc(C#N)c7)cc65)n4)c3c2)c1. The summed E-state index contributed by atoms with van der Waals surface area (Å²) in [5, 5.41) is 42.4. The highest BCUT2D eigenvalue weighted by Gasteiger charge is 2.37. The van der Waals surface area contributed by atoms with Gasteiger partial charge in [-0.25, -0.2) is 4.98 Å². The first-order chi connectivity index (χ1) is 37.7. The molecule has 12 aromatic rings. The van der Waals surface area contributed by atoms with E-state index in [1.165, 1.54) is 12.1 Å². The van der Waals surface area contributed by atoms with Gasteiger partial charge in [0, 0.05) is 21.5 Å². The summed E-state index contributed by atoms with van der Waals surface area (Å²) in [6.07, 6.45) is -10.3. The zero-order valence-electron chi connectivity index (χ0n) is 40.5. The Kier molecular flexibility index (Phi) is 11.5. The predicted octanol–water partition coefficient (Wildman–Crippen LogP) is 17.1. The zero-order chi connectivity index (χ0) is 54.0. The monoisotopic (exact) mass is 1030 g/mol. The molecule has 0 N–H and O–H groups in total. The highest BCUT2D eigenvalue weighted by molar-refractivity contribution is 6.12. The van der Waals surface area contributed by atoms with Crippen molar-refractivity contribution in [2.24, 2.45) is 0 Å². The van der Waals surface area contributed by atoms with Crippen molar-refractivity contribution in [1.82, 2.24) is 14.1 Å². The Labute approximate surface area is 440 Å². The van der Waals surface area contributed by atoms with E-state index in [1.807, 2.05) is 106 Å². The average Bonchev–Trinajstić information content (AvgIpc) is 4.22. The molecule has 0 aliphatic carbocycles. The maximum absolute atomic E-state index is 14.8. The van der Waals surface area contributed by atoms with E-state index >= 15 is 0 Å². The van der Waals surface area contributed by atoms with Gasteiger partial charge in [-0.15, -0.1) is 0 Å². The van der Waals surface area contributed by atoms with Crippen molar-refractivity contribution in [1.29, 1.82) is 21.0 Å². The summed E-state index contributed by atoms with van der Waals surface area (Å²) in [7, 11) is 0. The highest BCUT2D eigenvalue weighted by Crippen LogP contribution is 2.43. The summed E-state index contributed by atoms with van der Waals surface area (Å²) in [5.74, 6) is 0.259. The van der Waals surface area contributed by atoms with Crippen LogP contribution in [0.1, 0.15) is 33.4 Å². The number of pyridine rings is 1. The minimum Gasteiger partial charge on any atom is -0.294 e. The number of fused-ring (bicyclic) bond motifs is 6. The number of hydrogen-bond donors (Lipinski definition) is 0. The fourth-order valence-electron chi connectivity index (χ4n) is 10.3. The molecule has 3 heterocycles. The second kappa shape index (κ2) is 18.6. The molecule has 13 heteroatoms. The van der Waals surface area contributed by atoms with Crippen LogP contribution in [-0.2, 0) is 12.4 Å². The Morgan fingerprint density at radius 2 is 0.564 bits per heavy atom. The maximum atomic E-state index is 14.8. The van der Waals surface area contributed by atoms with E-state index in [0.29, 0.717) is 101 Å². The standard InChI is InChI=1S/C65H33F6N7/c66-64(67,68)52-25-50(26-53(33-52)65(69,70)71)51-31-62(77-58-27-46(42-9-1-5-38(21-42)34-72)13-17-54(58)55-18-14-47(28-59(55)77)43-10-2-6-39(22-43)35-73)76-63(32-51)78-60-29-48(44-11-3-7-40(23-44)36-74)15-19-56(60)57-20-16-49(30-61(57)78)45-12-4-8-41(24-45)37-75/h1-33H. The molecule has 7 nitrogen and oxygen atoms in total. The fourth-order valence-corrected chi connectivity index (χ4v) is 10.3. The van der Waals surface area contributed by atoms with Crippen LogP contribution >= 0.6 is 0 Å². The third kappa shape index (κ3) is 8.58. The van der Waals surface area contributed by atoms with Crippen LogP contribution in [0.2, 0.25) is 0 Å². The number of aromatic nitrogens is 3. The van der Waals surface area contributed by atoms with Crippen LogP contribution in [0.15, 0.2) is 200 Å². The molecular weight excluding hydrogens is 993 g/mol. The van der Waals surface area contributed by atoms with Crippen molar-refractivity contribution < 1.29 is 26.3 Å². The molecule has 0 spiro atoms. The van der Waals surface area contributed by atoms with Gasteiger partial charge in [-0.05, 0) is 159 Å². The Morgan fingerprint density at radius 1 is 0.295 bits per heavy atom. The first kappa shape index (κ1) is 48.2. The topological polar surface area (TPSA) is 118 Å². The molecule has 0 radical (unpaired) electrons. The van der Waals surface area contributed by atoms with Gasteiger partial charge in [-0.2, -0.15) is 47.4 Å². The normalized spacial score (nSPS) is 11.7. The molecule has 0 bridgehead atoms. The number of nitriles is 4. The van der Waals surface area contributed by atoms with Crippen LogP contribution in [0.25, 0.3) is 111 Å². The summed E-state index contributed by atoms with van der Waals surface area (Å²) in [4.78, 5) is 5.42. The lowest BCUT2D eigenvalue weighted by Crippen LogP contribution is -2.11. The van der Waals surface area contributed by atoms with Gasteiger partial charge in [0.2, 0.25) is 0 Å². The van der Waals surface area contributed by atoms with Gasteiger partial charge < -0.3 is 0 Å². The first-order valence-electron chi connectivity index (χ1n) is 24.2. The van der Waals surface area contributed by atoms with Gasteiger partial charge in [-0.1, -0.05) is 97.1 Å². The highest BCUT2D eigenvalue weighted by atomic mass is 19.4. The molecule has 0 amide bonds. The molecule has 9 aromatic carbocycles. The number of nitrogens with zero attached hydrogens (tertiary/aromatic N) is 7. The number of alkyl halides is 6. The van der Waals surface area contributed by atoms with Crippen molar-refractivity contribution in [3.05, 3.63) is 234 Å². The molecular formula is C65H33F6N7. The maximum Gasteiger partial charge on any atom is 0.416 e. The third-order valence-corrected chi connectivity index (χ3v) is 14.0. The first-order valence-corrected chi connectivity index (χ1v) is 24.2. The fraction of sp³-hybridized carbons (Fsp3) is 0.0308. The second-order valence-corrected chi connectivity index (χ2v) is 18.7. The molecule has 3 aromatic heterocycles. The van der Waals surface area contributed by atoms with Gasteiger partial charge in [0.25, 0.3) is 0 Å². The summed E-state index contributed by atoms with van der Waals surface area (Å²) < 4.78 is 92.4. The van der Waals surface area contributed by atoms with Crippen LogP contribution < -0.4 is 0 Å². The van der Waals surface area contributed by atoms with E-state index in [-0.39, 0.29) is 28.8 Å². The van der Waals surface area contributed by atoms with Crippen molar-refractivity contribution in [2.75, 3.05) is 0 Å². The van der Waals surface area contributed by atoms with Gasteiger partial charge in [0.1, 0.15) is 11.6 Å². The van der Waals surface area contributed by atoms with Gasteiger partial charge in [0.15, 0.2) is 0 Å². The molecule has 78 heavy (non-hydrogen) atoms. The number of rotatable bonds is 7. The van der Waals surface area contributed by atoms with Crippen LogP contribution in [0.4, 0.5) is 26.3 Å². The number of hydrogen-bond acceptors (Lipinski definition) is 5. The van der Waals surface area contributed by atoms with Crippen molar-refractivity contribution in [3.63, 3.8) is 0 Å². The number of halogens is 6.